The van der Waals surface area contributed by atoms with Gasteiger partial charge in [-0.15, -0.1) is 0 Å². The fourth-order valence-electron chi connectivity index (χ4n) is 3.38. The zero-order valence-electron chi connectivity index (χ0n) is 19.7. The first-order valence-corrected chi connectivity index (χ1v) is 11.9. The van der Waals surface area contributed by atoms with Gasteiger partial charge < -0.3 is 14.2 Å². The topological polar surface area (TPSA) is 94.2 Å². The van der Waals surface area contributed by atoms with E-state index < -0.39 is 17.8 Å². The van der Waals surface area contributed by atoms with Crippen molar-refractivity contribution in [3.8, 4) is 17.2 Å². The molecule has 1 N–H and O–H groups in total. The van der Waals surface area contributed by atoms with E-state index >= 15 is 0 Å². The molecule has 0 aliphatic carbocycles. The lowest BCUT2D eigenvalue weighted by atomic mass is 10.1. The predicted molar refractivity (Wildman–Crippen MR) is 133 cm³/mol. The smallest absolute Gasteiger partial charge is 0.331 e. The van der Waals surface area contributed by atoms with Crippen molar-refractivity contribution in [2.75, 3.05) is 19.8 Å². The van der Waals surface area contributed by atoms with Crippen molar-refractivity contribution in [3.63, 3.8) is 0 Å². The third kappa shape index (κ3) is 6.26. The normalized spacial score (nSPS) is 14.8. The number of rotatable bonds is 10. The quantitative estimate of drug-likeness (QED) is 0.340. The molecule has 1 aliphatic heterocycles. The number of barbiturate groups is 1. The molecule has 0 radical (unpaired) electrons. The van der Waals surface area contributed by atoms with E-state index in [4.69, 9.17) is 37.4 Å². The van der Waals surface area contributed by atoms with Gasteiger partial charge in [0.05, 0.1) is 36.4 Å². The van der Waals surface area contributed by atoms with Crippen molar-refractivity contribution in [1.29, 1.82) is 0 Å². The van der Waals surface area contributed by atoms with Gasteiger partial charge in [0, 0.05) is 0 Å². The Balaban J connectivity index is 1.89. The average Bonchev–Trinajstić information content (AvgIpc) is 2.81. The number of carbonyl (C=O) groups is 3. The van der Waals surface area contributed by atoms with Crippen molar-refractivity contribution >= 4 is 47.1 Å². The molecule has 0 aromatic heterocycles. The molecule has 1 saturated heterocycles. The Hall–Kier alpha value is -3.23. The highest BCUT2D eigenvalue weighted by Crippen LogP contribution is 2.35. The van der Waals surface area contributed by atoms with Gasteiger partial charge in [-0.05, 0) is 61.7 Å². The number of amides is 4. The second kappa shape index (κ2) is 12.0. The first-order chi connectivity index (χ1) is 16.8. The standard InChI is InChI=1S/C25H26Cl2N2O6/c1-4-9-35-20-8-7-15(13-21(20)33-5-2)14-29-24(31)17(23(30)28-25(29)32)10-16-11-18(26)22(34-6-3)19(27)12-16/h7-8,10-13H,4-6,9,14H2,1-3H3,(H,28,30,32)/b17-10+. The Morgan fingerprint density at radius 2 is 1.60 bits per heavy atom. The molecule has 1 aliphatic rings. The van der Waals surface area contributed by atoms with Crippen LogP contribution in [-0.2, 0) is 16.1 Å². The molecular formula is C25H26Cl2N2O6. The van der Waals surface area contributed by atoms with Gasteiger partial charge in [-0.2, -0.15) is 0 Å². The van der Waals surface area contributed by atoms with Crippen LogP contribution in [0.2, 0.25) is 10.0 Å². The van der Waals surface area contributed by atoms with Crippen molar-refractivity contribution in [1.82, 2.24) is 10.2 Å². The molecule has 0 bridgehead atoms. The van der Waals surface area contributed by atoms with Gasteiger partial charge in [0.15, 0.2) is 17.2 Å². The summed E-state index contributed by atoms with van der Waals surface area (Å²) < 4.78 is 16.8. The first kappa shape index (κ1) is 26.4. The highest BCUT2D eigenvalue weighted by atomic mass is 35.5. The third-order valence-corrected chi connectivity index (χ3v) is 5.48. The van der Waals surface area contributed by atoms with Gasteiger partial charge in [0.2, 0.25) is 0 Å². The molecule has 0 atom stereocenters. The summed E-state index contributed by atoms with van der Waals surface area (Å²) in [6.45, 7) is 6.88. The van der Waals surface area contributed by atoms with E-state index in [1.807, 2.05) is 13.8 Å². The molecule has 2 aromatic carbocycles. The molecule has 1 fully saturated rings. The fourth-order valence-corrected chi connectivity index (χ4v) is 4.00. The molecule has 35 heavy (non-hydrogen) atoms. The van der Waals surface area contributed by atoms with E-state index in [1.54, 1.807) is 25.1 Å². The van der Waals surface area contributed by atoms with Gasteiger partial charge in [0.25, 0.3) is 11.8 Å². The number of imide groups is 2. The minimum Gasteiger partial charge on any atom is -0.491 e. The summed E-state index contributed by atoms with van der Waals surface area (Å²) in [6.07, 6.45) is 2.17. The molecular weight excluding hydrogens is 495 g/mol. The number of urea groups is 1. The van der Waals surface area contributed by atoms with Crippen LogP contribution in [-0.4, -0.2) is 42.6 Å². The van der Waals surface area contributed by atoms with Crippen molar-refractivity contribution in [2.45, 2.75) is 33.7 Å². The summed E-state index contributed by atoms with van der Waals surface area (Å²) in [7, 11) is 0. The Kier molecular flexibility index (Phi) is 9.01. The zero-order valence-corrected chi connectivity index (χ0v) is 21.2. The number of benzene rings is 2. The number of ether oxygens (including phenoxy) is 3. The molecule has 0 unspecified atom stereocenters. The molecule has 1 heterocycles. The summed E-state index contributed by atoms with van der Waals surface area (Å²) >= 11 is 12.5. The monoisotopic (exact) mass is 520 g/mol. The maximum atomic E-state index is 13.1. The second-order valence-corrected chi connectivity index (χ2v) is 8.33. The average molecular weight is 521 g/mol. The van der Waals surface area contributed by atoms with Crippen LogP contribution >= 0.6 is 23.2 Å². The van der Waals surface area contributed by atoms with Gasteiger partial charge in [-0.25, -0.2) is 4.79 Å². The number of nitrogens with zero attached hydrogens (tertiary/aromatic N) is 1. The van der Waals surface area contributed by atoms with Crippen LogP contribution in [0.4, 0.5) is 4.79 Å². The molecule has 4 amide bonds. The Labute approximate surface area is 213 Å². The molecule has 8 nitrogen and oxygen atoms in total. The number of nitrogens with one attached hydrogen (secondary N) is 1. The van der Waals surface area contributed by atoms with Crippen LogP contribution in [0.25, 0.3) is 6.08 Å². The summed E-state index contributed by atoms with van der Waals surface area (Å²) in [4.78, 5) is 39.0. The zero-order chi connectivity index (χ0) is 25.5. The molecule has 3 rings (SSSR count). The van der Waals surface area contributed by atoms with Crippen LogP contribution in [0.3, 0.4) is 0 Å². The SMILES string of the molecule is CCCOc1ccc(CN2C(=O)NC(=O)/C(=C\c3cc(Cl)c(OCC)c(Cl)c3)C2=O)cc1OCC. The maximum Gasteiger partial charge on any atom is 0.331 e. The molecule has 0 saturated carbocycles. The molecule has 10 heteroatoms. The third-order valence-electron chi connectivity index (χ3n) is 4.92. The van der Waals surface area contributed by atoms with Crippen molar-refractivity contribution < 1.29 is 28.6 Å². The van der Waals surface area contributed by atoms with Gasteiger partial charge in [-0.1, -0.05) is 36.2 Å². The number of hydrogen-bond acceptors (Lipinski definition) is 6. The first-order valence-electron chi connectivity index (χ1n) is 11.2. The minimum atomic E-state index is -0.816. The van der Waals surface area contributed by atoms with Gasteiger partial charge >= 0.3 is 6.03 Å². The van der Waals surface area contributed by atoms with E-state index in [-0.39, 0.29) is 22.2 Å². The van der Waals surface area contributed by atoms with E-state index in [0.29, 0.717) is 48.2 Å². The van der Waals surface area contributed by atoms with Crippen molar-refractivity contribution in [2.24, 2.45) is 0 Å². The van der Waals surface area contributed by atoms with E-state index in [1.165, 1.54) is 18.2 Å². The van der Waals surface area contributed by atoms with Crippen LogP contribution in [0.15, 0.2) is 35.9 Å². The Bertz CT molecular complexity index is 1140. The van der Waals surface area contributed by atoms with Crippen LogP contribution in [0.1, 0.15) is 38.3 Å². The van der Waals surface area contributed by atoms with Crippen LogP contribution < -0.4 is 19.5 Å². The lowest BCUT2D eigenvalue weighted by molar-refractivity contribution is -0.130. The lowest BCUT2D eigenvalue weighted by Gasteiger charge is -2.26. The van der Waals surface area contributed by atoms with Gasteiger partial charge in [0.1, 0.15) is 5.57 Å². The summed E-state index contributed by atoms with van der Waals surface area (Å²) in [5, 5.41) is 2.67. The molecule has 186 valence electrons. The van der Waals surface area contributed by atoms with E-state index in [0.717, 1.165) is 11.3 Å². The maximum absolute atomic E-state index is 13.1. The Morgan fingerprint density at radius 3 is 2.23 bits per heavy atom. The summed E-state index contributed by atoms with van der Waals surface area (Å²) in [5.41, 5.74) is 0.808. The largest absolute Gasteiger partial charge is 0.491 e. The van der Waals surface area contributed by atoms with E-state index in [2.05, 4.69) is 5.32 Å². The minimum absolute atomic E-state index is 0.0752. The summed E-state index contributed by atoms with van der Waals surface area (Å²) in [5.74, 6) is -0.161. The Morgan fingerprint density at radius 1 is 0.914 bits per heavy atom. The van der Waals surface area contributed by atoms with Crippen LogP contribution in [0, 0.1) is 0 Å². The number of hydrogen-bond donors (Lipinski definition) is 1. The van der Waals surface area contributed by atoms with Crippen LogP contribution in [0.5, 0.6) is 17.2 Å². The number of halogens is 2. The predicted octanol–water partition coefficient (Wildman–Crippen LogP) is 5.24. The van der Waals surface area contributed by atoms with Gasteiger partial charge in [-0.3, -0.25) is 19.8 Å². The second-order valence-electron chi connectivity index (χ2n) is 7.52. The van der Waals surface area contributed by atoms with Crippen molar-refractivity contribution in [3.05, 3.63) is 57.1 Å². The molecule has 0 spiro atoms. The highest BCUT2D eigenvalue weighted by Gasteiger charge is 2.36. The highest BCUT2D eigenvalue weighted by molar-refractivity contribution is 6.37. The summed E-state index contributed by atoms with van der Waals surface area (Å²) in [6, 6.07) is 7.41. The number of carbonyl (C=O) groups excluding carboxylic acids is 3. The van der Waals surface area contributed by atoms with E-state index in [9.17, 15) is 14.4 Å². The lowest BCUT2D eigenvalue weighted by Crippen LogP contribution is -2.53. The molecule has 2 aromatic rings. The fraction of sp³-hybridized carbons (Fsp3) is 0.320.